The third-order valence-corrected chi connectivity index (χ3v) is 10.4. The van der Waals surface area contributed by atoms with Crippen LogP contribution in [0.5, 0.6) is 0 Å². The van der Waals surface area contributed by atoms with E-state index in [-0.39, 0.29) is 19.2 Å². The van der Waals surface area contributed by atoms with Crippen molar-refractivity contribution in [1.29, 1.82) is 0 Å². The van der Waals surface area contributed by atoms with Gasteiger partial charge in [-0.05, 0) is 57.8 Å². The molecule has 1 aliphatic heterocycles. The predicted molar refractivity (Wildman–Crippen MR) is 238 cm³/mol. The van der Waals surface area contributed by atoms with Crippen molar-refractivity contribution in [3.8, 4) is 0 Å². The summed E-state index contributed by atoms with van der Waals surface area (Å²) in [6.07, 6.45) is 43.9. The van der Waals surface area contributed by atoms with E-state index in [1.807, 2.05) is 0 Å². The molecule has 6 atom stereocenters. The summed E-state index contributed by atoms with van der Waals surface area (Å²) < 4.78 is 22.8. The highest BCUT2D eigenvalue weighted by Crippen LogP contribution is 2.22. The average molecular weight is 819 g/mol. The van der Waals surface area contributed by atoms with Crippen LogP contribution in [-0.2, 0) is 23.7 Å². The maximum absolute atomic E-state index is 12.8. The Morgan fingerprint density at radius 2 is 1.05 bits per heavy atom. The van der Waals surface area contributed by atoms with E-state index in [0.29, 0.717) is 13.0 Å². The fourth-order valence-corrected chi connectivity index (χ4v) is 6.81. The maximum Gasteiger partial charge on any atom is 0.306 e. The molecule has 0 aromatic heterocycles. The van der Waals surface area contributed by atoms with E-state index in [4.69, 9.17) is 18.9 Å². The molecular weight excluding hydrogens is 733 g/mol. The Kier molecular flexibility index (Phi) is 37.5. The Bertz CT molecular complexity index is 1070. The summed E-state index contributed by atoms with van der Waals surface area (Å²) in [6.45, 7) is 4.39. The molecule has 9 nitrogen and oxygen atoms in total. The zero-order valence-electron chi connectivity index (χ0n) is 36.8. The third kappa shape index (κ3) is 30.9. The van der Waals surface area contributed by atoms with Gasteiger partial charge in [0.1, 0.15) is 30.5 Å². The first kappa shape index (κ1) is 53.9. The highest BCUT2D eigenvalue weighted by Gasteiger charge is 2.44. The molecule has 1 fully saturated rings. The van der Waals surface area contributed by atoms with Crippen molar-refractivity contribution < 1.29 is 44.2 Å². The van der Waals surface area contributed by atoms with E-state index in [2.05, 4.69) is 74.6 Å². The molecule has 4 N–H and O–H groups in total. The molecule has 58 heavy (non-hydrogen) atoms. The van der Waals surface area contributed by atoms with E-state index >= 15 is 0 Å². The lowest BCUT2D eigenvalue weighted by atomic mass is 9.99. The second kappa shape index (κ2) is 40.3. The average Bonchev–Trinajstić information content (AvgIpc) is 3.22. The number of hydrogen-bond acceptors (Lipinski definition) is 9. The molecule has 0 radical (unpaired) electrons. The van der Waals surface area contributed by atoms with Crippen molar-refractivity contribution in [1.82, 2.24) is 0 Å². The number of carbonyl (C=O) groups excluding carboxylic acids is 1. The van der Waals surface area contributed by atoms with Gasteiger partial charge in [0.15, 0.2) is 6.29 Å². The van der Waals surface area contributed by atoms with Gasteiger partial charge in [0.25, 0.3) is 0 Å². The Hall–Kier alpha value is -2.11. The van der Waals surface area contributed by atoms with Gasteiger partial charge in [-0.25, -0.2) is 0 Å². The number of allylic oxidation sites excluding steroid dienone is 10. The quantitative estimate of drug-likeness (QED) is 0.0272. The Morgan fingerprint density at radius 3 is 1.59 bits per heavy atom. The minimum Gasteiger partial charge on any atom is -0.457 e. The van der Waals surface area contributed by atoms with E-state index in [1.165, 1.54) is 77.0 Å². The second-order valence-electron chi connectivity index (χ2n) is 15.8. The number of aliphatic hydroxyl groups excluding tert-OH is 4. The highest BCUT2D eigenvalue weighted by molar-refractivity contribution is 5.69. The first-order valence-corrected chi connectivity index (χ1v) is 23.4. The largest absolute Gasteiger partial charge is 0.457 e. The van der Waals surface area contributed by atoms with Crippen molar-refractivity contribution in [2.45, 2.75) is 218 Å². The monoisotopic (exact) mass is 819 g/mol. The van der Waals surface area contributed by atoms with Gasteiger partial charge in [-0.1, -0.05) is 177 Å². The topological polar surface area (TPSA) is 135 Å². The van der Waals surface area contributed by atoms with E-state index < -0.39 is 43.4 Å². The lowest BCUT2D eigenvalue weighted by molar-refractivity contribution is -0.305. The summed E-state index contributed by atoms with van der Waals surface area (Å²) in [5, 5.41) is 40.1. The Labute approximate surface area is 354 Å². The molecule has 1 rings (SSSR count). The van der Waals surface area contributed by atoms with Crippen LogP contribution in [0.4, 0.5) is 0 Å². The minimum absolute atomic E-state index is 0.124. The van der Waals surface area contributed by atoms with Gasteiger partial charge in [0, 0.05) is 13.0 Å². The van der Waals surface area contributed by atoms with Crippen LogP contribution in [0.3, 0.4) is 0 Å². The molecule has 0 bridgehead atoms. The minimum atomic E-state index is -1.54. The number of unbranched alkanes of at least 4 members (excludes halogenated alkanes) is 18. The third-order valence-electron chi connectivity index (χ3n) is 10.4. The second-order valence-corrected chi connectivity index (χ2v) is 15.8. The predicted octanol–water partition coefficient (Wildman–Crippen LogP) is 10.7. The van der Waals surface area contributed by atoms with E-state index in [9.17, 15) is 25.2 Å². The first-order valence-electron chi connectivity index (χ1n) is 23.4. The lowest BCUT2D eigenvalue weighted by Crippen LogP contribution is -2.59. The summed E-state index contributed by atoms with van der Waals surface area (Å²) in [5.74, 6) is -0.323. The maximum atomic E-state index is 12.8. The molecule has 0 aliphatic carbocycles. The molecule has 0 saturated carbocycles. The summed E-state index contributed by atoms with van der Waals surface area (Å²) >= 11 is 0. The molecule has 0 amide bonds. The summed E-state index contributed by atoms with van der Waals surface area (Å²) in [5.41, 5.74) is 0. The van der Waals surface area contributed by atoms with Gasteiger partial charge in [-0.15, -0.1) is 0 Å². The van der Waals surface area contributed by atoms with Gasteiger partial charge in [0.05, 0.1) is 19.8 Å². The fourth-order valence-electron chi connectivity index (χ4n) is 6.81. The van der Waals surface area contributed by atoms with Crippen LogP contribution in [0.2, 0.25) is 0 Å². The van der Waals surface area contributed by atoms with Gasteiger partial charge in [-0.2, -0.15) is 0 Å². The van der Waals surface area contributed by atoms with Crippen LogP contribution in [0.1, 0.15) is 181 Å². The highest BCUT2D eigenvalue weighted by atomic mass is 16.7. The van der Waals surface area contributed by atoms with Gasteiger partial charge in [0.2, 0.25) is 0 Å². The zero-order valence-corrected chi connectivity index (χ0v) is 36.8. The molecule has 9 heteroatoms. The van der Waals surface area contributed by atoms with Gasteiger partial charge >= 0.3 is 5.97 Å². The first-order chi connectivity index (χ1) is 28.4. The van der Waals surface area contributed by atoms with Crippen molar-refractivity contribution in [2.24, 2.45) is 0 Å². The molecule has 6 unspecified atom stereocenters. The van der Waals surface area contributed by atoms with Crippen LogP contribution in [0.15, 0.2) is 60.8 Å². The van der Waals surface area contributed by atoms with Gasteiger partial charge in [-0.3, -0.25) is 4.79 Å². The molecular formula is C49H86O9. The normalized spacial score (nSPS) is 20.8. The smallest absolute Gasteiger partial charge is 0.306 e. The van der Waals surface area contributed by atoms with E-state index in [1.54, 1.807) is 0 Å². The molecule has 0 aromatic carbocycles. The molecule has 1 aliphatic rings. The van der Waals surface area contributed by atoms with Crippen molar-refractivity contribution in [2.75, 3.05) is 26.4 Å². The van der Waals surface area contributed by atoms with Crippen LogP contribution in [0.25, 0.3) is 0 Å². The summed E-state index contributed by atoms with van der Waals surface area (Å²) in [4.78, 5) is 12.8. The molecule has 0 spiro atoms. The Balaban J connectivity index is 2.27. The van der Waals surface area contributed by atoms with Crippen LogP contribution >= 0.6 is 0 Å². The SMILES string of the molecule is CC/C=C\C/C=C\C/C=C\C/C=C\C/C=C\CCCCCCOCC(COC1OC(CO)C(O)C(O)C1O)OC(=O)CCCCCCCCCCCCCCCCC. The van der Waals surface area contributed by atoms with Crippen LogP contribution < -0.4 is 0 Å². The number of carbonyl (C=O) groups is 1. The van der Waals surface area contributed by atoms with E-state index in [0.717, 1.165) is 83.5 Å². The standard InChI is InChI=1S/C49H86O9/c1-3-5-7-9-11-13-15-17-19-20-21-22-23-25-27-29-31-33-35-37-39-55-41-43(42-56-49-48(54)47(53)46(52)44(40-50)58-49)57-45(51)38-36-34-32-30-28-26-24-18-16-14-12-10-8-6-4-2/h5,7,11,13,17,19,21-22,25,27,43-44,46-50,52-54H,3-4,6,8-10,12,14-16,18,20,23-24,26,28-42H2,1-2H3/b7-5-,13-11-,19-17-,22-21-,27-25-. The lowest BCUT2D eigenvalue weighted by Gasteiger charge is -2.39. The van der Waals surface area contributed by atoms with Crippen molar-refractivity contribution in [3.63, 3.8) is 0 Å². The fraction of sp³-hybridized carbons (Fsp3) is 0.776. The number of hydrogen-bond donors (Lipinski definition) is 4. The molecule has 1 heterocycles. The van der Waals surface area contributed by atoms with Crippen LogP contribution in [0, 0.1) is 0 Å². The van der Waals surface area contributed by atoms with Crippen molar-refractivity contribution in [3.05, 3.63) is 60.8 Å². The molecule has 0 aromatic rings. The van der Waals surface area contributed by atoms with Gasteiger partial charge < -0.3 is 39.4 Å². The summed E-state index contributed by atoms with van der Waals surface area (Å²) in [7, 11) is 0. The summed E-state index contributed by atoms with van der Waals surface area (Å²) in [6, 6.07) is 0. The van der Waals surface area contributed by atoms with Crippen molar-refractivity contribution >= 4 is 5.97 Å². The molecule has 1 saturated heterocycles. The Morgan fingerprint density at radius 1 is 0.569 bits per heavy atom. The number of rotatable bonds is 39. The molecule has 336 valence electrons. The number of ether oxygens (including phenoxy) is 4. The number of esters is 1. The van der Waals surface area contributed by atoms with Crippen LogP contribution in [-0.4, -0.2) is 89.6 Å². The zero-order chi connectivity index (χ0) is 42.2. The number of aliphatic hydroxyl groups is 4.